The van der Waals surface area contributed by atoms with Gasteiger partial charge in [-0.3, -0.25) is 0 Å². The van der Waals surface area contributed by atoms with E-state index in [1.807, 2.05) is 10.6 Å². The number of fused-ring (bicyclic) bond motifs is 1. The second-order valence-electron chi connectivity index (χ2n) is 4.32. The Bertz CT molecular complexity index is 878. The Hall–Kier alpha value is -1.73. The highest BCUT2D eigenvalue weighted by molar-refractivity contribution is 6.42. The summed E-state index contributed by atoms with van der Waals surface area (Å²) < 4.78 is 1.86. The third-order valence-corrected chi connectivity index (χ3v) is 4.06. The summed E-state index contributed by atoms with van der Waals surface area (Å²) in [6.07, 6.45) is 7.08. The zero-order valence-corrected chi connectivity index (χ0v) is 12.9. The number of pyridine rings is 1. The Balaban J connectivity index is 2.35. The van der Waals surface area contributed by atoms with Crippen LogP contribution in [0.15, 0.2) is 30.5 Å². The minimum absolute atomic E-state index is 0.342. The van der Waals surface area contributed by atoms with Gasteiger partial charge in [-0.15, -0.1) is 6.42 Å². The molecule has 0 aliphatic heterocycles. The van der Waals surface area contributed by atoms with Gasteiger partial charge in [-0.1, -0.05) is 40.7 Å². The first-order valence-electron chi connectivity index (χ1n) is 6.01. The third-order valence-electron chi connectivity index (χ3n) is 3.04. The quantitative estimate of drug-likeness (QED) is 0.502. The lowest BCUT2D eigenvalue weighted by Gasteiger charge is -2.06. The maximum atomic E-state index is 6.15. The molecule has 0 bridgehead atoms. The van der Waals surface area contributed by atoms with E-state index in [4.69, 9.17) is 41.2 Å². The fourth-order valence-corrected chi connectivity index (χ4v) is 2.65. The predicted molar refractivity (Wildman–Crippen MR) is 86.8 cm³/mol. The van der Waals surface area contributed by atoms with Crippen molar-refractivity contribution in [1.82, 2.24) is 14.5 Å². The van der Waals surface area contributed by atoms with Crippen LogP contribution in [0.3, 0.4) is 0 Å². The summed E-state index contributed by atoms with van der Waals surface area (Å²) in [7, 11) is 0. The molecular weight excluding hydrogens is 329 g/mol. The molecule has 3 nitrogen and oxygen atoms in total. The van der Waals surface area contributed by atoms with Crippen LogP contribution in [0.1, 0.15) is 0 Å². The van der Waals surface area contributed by atoms with Crippen LogP contribution in [0.25, 0.3) is 22.4 Å². The highest BCUT2D eigenvalue weighted by Crippen LogP contribution is 2.33. The third kappa shape index (κ3) is 2.47. The van der Waals surface area contributed by atoms with Crippen LogP contribution in [0.5, 0.6) is 0 Å². The Kier molecular flexibility index (Phi) is 3.77. The van der Waals surface area contributed by atoms with Gasteiger partial charge in [-0.25, -0.2) is 9.97 Å². The molecule has 1 aromatic carbocycles. The van der Waals surface area contributed by atoms with E-state index in [2.05, 4.69) is 15.9 Å². The normalized spacial score (nSPS) is 10.8. The second kappa shape index (κ2) is 5.57. The first-order valence-corrected chi connectivity index (χ1v) is 7.15. The van der Waals surface area contributed by atoms with Gasteiger partial charge in [-0.05, 0) is 24.3 Å². The van der Waals surface area contributed by atoms with Crippen molar-refractivity contribution < 1.29 is 0 Å². The van der Waals surface area contributed by atoms with E-state index in [9.17, 15) is 0 Å². The van der Waals surface area contributed by atoms with E-state index in [1.54, 1.807) is 24.4 Å². The van der Waals surface area contributed by atoms with Crippen molar-refractivity contribution in [2.24, 2.45) is 0 Å². The predicted octanol–water partition coefficient (Wildman–Crippen LogP) is 4.69. The van der Waals surface area contributed by atoms with Crippen LogP contribution in [0.2, 0.25) is 15.2 Å². The lowest BCUT2D eigenvalue weighted by molar-refractivity contribution is 0.881. The number of terminal acetylenes is 1. The highest BCUT2D eigenvalue weighted by atomic mass is 35.5. The average Bonchev–Trinajstić information content (AvgIpc) is 2.79. The molecular formula is C15H8Cl3N3. The number of imidazole rings is 1. The summed E-state index contributed by atoms with van der Waals surface area (Å²) >= 11 is 18.3. The van der Waals surface area contributed by atoms with Crippen LogP contribution in [0.4, 0.5) is 0 Å². The fraction of sp³-hybridized carbons (Fsp3) is 0.0667. The van der Waals surface area contributed by atoms with Crippen LogP contribution in [-0.2, 0) is 6.54 Å². The standard InChI is InChI=1S/C15H8Cl3N3/c1-2-6-21-13-8-11(17)10(16)7-12(13)20-15(21)9-4-3-5-19-14(9)18/h1,3-5,7-8H,6H2. The van der Waals surface area contributed by atoms with Gasteiger partial charge in [0.2, 0.25) is 0 Å². The fourth-order valence-electron chi connectivity index (χ4n) is 2.13. The SMILES string of the molecule is C#CCn1c(-c2cccnc2Cl)nc2cc(Cl)c(Cl)cc21. The topological polar surface area (TPSA) is 30.7 Å². The van der Waals surface area contributed by atoms with Gasteiger partial charge in [0.25, 0.3) is 0 Å². The molecule has 0 unspecified atom stereocenters. The minimum Gasteiger partial charge on any atom is -0.312 e. The number of aromatic nitrogens is 3. The van der Waals surface area contributed by atoms with Gasteiger partial charge in [0, 0.05) is 6.20 Å². The largest absolute Gasteiger partial charge is 0.312 e. The monoisotopic (exact) mass is 335 g/mol. The van der Waals surface area contributed by atoms with E-state index in [0.717, 1.165) is 5.52 Å². The molecule has 0 aliphatic rings. The van der Waals surface area contributed by atoms with Gasteiger partial charge >= 0.3 is 0 Å². The molecule has 0 fully saturated rings. The summed E-state index contributed by atoms with van der Waals surface area (Å²) in [5.74, 6) is 3.25. The van der Waals surface area contributed by atoms with E-state index in [-0.39, 0.29) is 0 Å². The molecule has 2 aromatic heterocycles. The highest BCUT2D eigenvalue weighted by Gasteiger charge is 2.16. The summed E-state index contributed by atoms with van der Waals surface area (Å²) in [5, 5.41) is 1.26. The molecule has 0 radical (unpaired) electrons. The zero-order chi connectivity index (χ0) is 15.0. The average molecular weight is 337 g/mol. The van der Waals surface area contributed by atoms with Gasteiger partial charge in [-0.2, -0.15) is 0 Å². The Morgan fingerprint density at radius 1 is 1.19 bits per heavy atom. The van der Waals surface area contributed by atoms with E-state index in [1.165, 1.54) is 0 Å². The summed E-state index contributed by atoms with van der Waals surface area (Å²) in [5.41, 5.74) is 2.21. The second-order valence-corrected chi connectivity index (χ2v) is 5.49. The lowest BCUT2D eigenvalue weighted by Crippen LogP contribution is -1.99. The van der Waals surface area contributed by atoms with Gasteiger partial charge < -0.3 is 4.57 Å². The molecule has 3 aromatic rings. The molecule has 21 heavy (non-hydrogen) atoms. The molecule has 0 amide bonds. The molecule has 0 saturated carbocycles. The van der Waals surface area contributed by atoms with Crippen molar-refractivity contribution in [1.29, 1.82) is 0 Å². The van der Waals surface area contributed by atoms with Crippen LogP contribution in [0, 0.1) is 12.3 Å². The number of nitrogens with zero attached hydrogens (tertiary/aromatic N) is 3. The van der Waals surface area contributed by atoms with Crippen LogP contribution in [-0.4, -0.2) is 14.5 Å². The van der Waals surface area contributed by atoms with E-state index in [0.29, 0.717) is 38.6 Å². The van der Waals surface area contributed by atoms with Gasteiger partial charge in [0.05, 0.1) is 33.2 Å². The van der Waals surface area contributed by atoms with Crippen LogP contribution < -0.4 is 0 Å². The maximum Gasteiger partial charge on any atom is 0.145 e. The van der Waals surface area contributed by atoms with Crippen molar-refractivity contribution in [3.63, 3.8) is 0 Å². The zero-order valence-electron chi connectivity index (χ0n) is 10.6. The van der Waals surface area contributed by atoms with Crippen molar-refractivity contribution in [3.05, 3.63) is 45.7 Å². The molecule has 0 aliphatic carbocycles. The molecule has 2 heterocycles. The van der Waals surface area contributed by atoms with Gasteiger partial charge in [0.1, 0.15) is 11.0 Å². The van der Waals surface area contributed by atoms with Gasteiger partial charge in [0.15, 0.2) is 0 Å². The Morgan fingerprint density at radius 3 is 2.67 bits per heavy atom. The summed E-state index contributed by atoms with van der Waals surface area (Å²) in [6.45, 7) is 0.342. The molecule has 6 heteroatoms. The first-order chi connectivity index (χ1) is 10.1. The molecule has 104 valence electrons. The molecule has 3 rings (SSSR count). The number of rotatable bonds is 2. The maximum absolute atomic E-state index is 6.15. The number of halogens is 3. The lowest BCUT2D eigenvalue weighted by atomic mass is 10.2. The van der Waals surface area contributed by atoms with Crippen LogP contribution >= 0.6 is 34.8 Å². The number of hydrogen-bond acceptors (Lipinski definition) is 2. The number of hydrogen-bond donors (Lipinski definition) is 0. The first kappa shape index (κ1) is 14.2. The van der Waals surface area contributed by atoms with E-state index < -0.39 is 0 Å². The molecule has 0 atom stereocenters. The smallest absolute Gasteiger partial charge is 0.145 e. The van der Waals surface area contributed by atoms with Crippen molar-refractivity contribution in [2.75, 3.05) is 0 Å². The summed E-state index contributed by atoms with van der Waals surface area (Å²) in [6, 6.07) is 7.09. The van der Waals surface area contributed by atoms with Crippen molar-refractivity contribution in [3.8, 4) is 23.7 Å². The number of benzene rings is 1. The Labute approximate surface area is 136 Å². The minimum atomic E-state index is 0.342. The van der Waals surface area contributed by atoms with Crippen molar-refractivity contribution >= 4 is 45.8 Å². The summed E-state index contributed by atoms with van der Waals surface area (Å²) in [4.78, 5) is 8.63. The Morgan fingerprint density at radius 2 is 1.95 bits per heavy atom. The molecule has 0 saturated heterocycles. The molecule has 0 spiro atoms. The van der Waals surface area contributed by atoms with Crippen molar-refractivity contribution in [2.45, 2.75) is 6.54 Å². The molecule has 0 N–H and O–H groups in total. The van der Waals surface area contributed by atoms with E-state index >= 15 is 0 Å².